The van der Waals surface area contributed by atoms with Crippen molar-refractivity contribution in [3.05, 3.63) is 272 Å². The van der Waals surface area contributed by atoms with Gasteiger partial charge in [0, 0.05) is 23.1 Å². The van der Waals surface area contributed by atoms with Crippen LogP contribution in [0.3, 0.4) is 0 Å². The molecule has 8 rings (SSSR count). The molecule has 1 N–H and O–H groups in total. The molecule has 92 heavy (non-hydrogen) atoms. The molecule has 0 aliphatic heterocycles. The first-order valence-corrected chi connectivity index (χ1v) is 36.5. The number of aryl methyl sites for hydroxylation is 4. The molecule has 0 bridgehead atoms. The molecular weight excluding hydrogens is 1170 g/mol. The van der Waals surface area contributed by atoms with Crippen molar-refractivity contribution in [3.63, 3.8) is 0 Å². The number of sulfone groups is 1. The lowest BCUT2D eigenvalue weighted by Gasteiger charge is -2.08. The van der Waals surface area contributed by atoms with Crippen molar-refractivity contribution in [1.29, 1.82) is 0 Å². The maximum atomic E-state index is 11.2. The van der Waals surface area contributed by atoms with E-state index >= 15 is 0 Å². The first-order chi connectivity index (χ1) is 42.8. The fourth-order valence-corrected chi connectivity index (χ4v) is 9.99. The van der Waals surface area contributed by atoms with Crippen LogP contribution in [0.2, 0.25) is 0 Å². The number of sulfonamides is 1. The van der Waals surface area contributed by atoms with Crippen molar-refractivity contribution in [1.82, 2.24) is 0 Å². The van der Waals surface area contributed by atoms with Crippen molar-refractivity contribution in [2.45, 2.75) is 211 Å². The standard InChI is InChI=1S/2C11H14O.C11H16.C10H15NO2S.C10H14O2S.3C10H14/c1-8(2)10-4-6-11(7-5-10)9(3)12;1-8(2)10-5-4-6-11(7-10)9(3)12;1-4-10-6-5-7-11(8-10)9(2)3;1-8(2)9-5-4-6-10(7-9)11-14(3,12)13;1-8(2)9-5-4-6-10(7-9)13(3,11)12;3*1-8(2)10-6-4-5-9(3)7-10/h2*4-8H,1-3H3;5-9H,4H2,1-3H3;4-8,11H,1-3H3;4-8H,1-3H3;3*4-8H,1-3H3. The van der Waals surface area contributed by atoms with Gasteiger partial charge in [-0.25, -0.2) is 16.8 Å². The van der Waals surface area contributed by atoms with Crippen molar-refractivity contribution in [2.75, 3.05) is 17.2 Å². The molecule has 0 atom stereocenters. The summed E-state index contributed by atoms with van der Waals surface area (Å²) in [5.41, 5.74) is 18.1. The Hall–Kier alpha value is -7.20. The lowest BCUT2D eigenvalue weighted by molar-refractivity contribution is 0.100. The third-order valence-electron chi connectivity index (χ3n) is 14.9. The van der Waals surface area contributed by atoms with E-state index in [0.717, 1.165) is 34.9 Å². The molecule has 8 aromatic rings. The Morgan fingerprint density at radius 2 is 0.641 bits per heavy atom. The Bertz CT molecular complexity index is 3550. The number of hydrogen-bond donors (Lipinski definition) is 1. The molecule has 0 radical (unpaired) electrons. The van der Waals surface area contributed by atoms with Gasteiger partial charge in [0.1, 0.15) is 0 Å². The highest BCUT2D eigenvalue weighted by atomic mass is 32.2. The molecule has 0 spiro atoms. The third-order valence-corrected chi connectivity index (χ3v) is 16.6. The molecule has 9 heteroatoms. The minimum atomic E-state index is -3.17. The van der Waals surface area contributed by atoms with E-state index in [4.69, 9.17) is 0 Å². The van der Waals surface area contributed by atoms with Crippen molar-refractivity contribution >= 4 is 37.1 Å². The summed E-state index contributed by atoms with van der Waals surface area (Å²) in [7, 11) is -6.23. The van der Waals surface area contributed by atoms with E-state index in [9.17, 15) is 26.4 Å². The molecule has 7 nitrogen and oxygen atoms in total. The third kappa shape index (κ3) is 35.0. The van der Waals surface area contributed by atoms with Crippen LogP contribution < -0.4 is 4.72 Å². The average Bonchev–Trinajstić information content (AvgIpc) is 1.78. The number of hydrogen-bond acceptors (Lipinski definition) is 6. The van der Waals surface area contributed by atoms with Gasteiger partial charge in [0.25, 0.3) is 0 Å². The van der Waals surface area contributed by atoms with E-state index in [1.165, 1.54) is 61.9 Å². The van der Waals surface area contributed by atoms with Crippen molar-refractivity contribution in [2.24, 2.45) is 0 Å². The highest BCUT2D eigenvalue weighted by Gasteiger charge is 2.10. The van der Waals surface area contributed by atoms with Gasteiger partial charge in [0.05, 0.1) is 11.2 Å². The van der Waals surface area contributed by atoms with Crippen LogP contribution in [0.5, 0.6) is 0 Å². The van der Waals surface area contributed by atoms with E-state index in [1.807, 2.05) is 80.6 Å². The van der Waals surface area contributed by atoms with E-state index < -0.39 is 19.9 Å². The average molecular weight is 1290 g/mol. The van der Waals surface area contributed by atoms with Crippen LogP contribution in [0, 0.1) is 20.8 Å². The highest BCUT2D eigenvalue weighted by Crippen LogP contribution is 2.23. The van der Waals surface area contributed by atoms with Crippen LogP contribution in [0.25, 0.3) is 0 Å². The Balaban J connectivity index is 0.000000527. The number of carbonyl (C=O) groups is 2. The fourth-order valence-electron chi connectivity index (χ4n) is 8.76. The quantitative estimate of drug-likeness (QED) is 0.109. The molecule has 0 saturated heterocycles. The number of nitrogens with one attached hydrogen (secondary N) is 1. The molecule has 0 saturated carbocycles. The highest BCUT2D eigenvalue weighted by molar-refractivity contribution is 7.92. The summed E-state index contributed by atoms with van der Waals surface area (Å²) in [6.07, 6.45) is 3.52. The van der Waals surface area contributed by atoms with Crippen molar-refractivity contribution < 1.29 is 26.4 Å². The fraction of sp³-hybridized carbons (Fsp3) is 0.398. The lowest BCUT2D eigenvalue weighted by atomic mass is 10.00. The van der Waals surface area contributed by atoms with E-state index in [-0.39, 0.29) is 11.6 Å². The number of anilines is 1. The van der Waals surface area contributed by atoms with Crippen LogP contribution in [-0.2, 0) is 26.3 Å². The van der Waals surface area contributed by atoms with Gasteiger partial charge < -0.3 is 0 Å². The van der Waals surface area contributed by atoms with Gasteiger partial charge in [0.2, 0.25) is 10.0 Å². The topological polar surface area (TPSA) is 114 Å². The predicted octanol–water partition coefficient (Wildman–Crippen LogP) is 23.1. The summed E-state index contributed by atoms with van der Waals surface area (Å²) < 4.78 is 46.8. The second-order valence-electron chi connectivity index (χ2n) is 26.3. The smallest absolute Gasteiger partial charge is 0.229 e. The van der Waals surface area contributed by atoms with E-state index in [2.05, 4.69) is 232 Å². The van der Waals surface area contributed by atoms with Gasteiger partial charge in [-0.3, -0.25) is 14.3 Å². The first kappa shape index (κ1) is 82.8. The van der Waals surface area contributed by atoms with Gasteiger partial charge in [-0.15, -0.1) is 0 Å². The van der Waals surface area contributed by atoms with Gasteiger partial charge in [0.15, 0.2) is 21.4 Å². The van der Waals surface area contributed by atoms with E-state index in [1.54, 1.807) is 38.1 Å². The number of Topliss-reactive ketones (excluding diaryl/α,β-unsaturated/α-hetero) is 2. The molecule has 0 heterocycles. The van der Waals surface area contributed by atoms with Gasteiger partial charge >= 0.3 is 0 Å². The second kappa shape index (κ2) is 42.1. The normalized spacial score (nSPS) is 10.8. The number of ketones is 2. The number of carbonyl (C=O) groups excluding carboxylic acids is 2. The minimum absolute atomic E-state index is 0.130. The largest absolute Gasteiger partial charge is 0.295 e. The monoisotopic (exact) mass is 1290 g/mol. The zero-order valence-electron chi connectivity index (χ0n) is 60.6. The summed E-state index contributed by atoms with van der Waals surface area (Å²) in [6, 6.07) is 65.0. The van der Waals surface area contributed by atoms with Crippen LogP contribution in [0.15, 0.2) is 199 Å². The minimum Gasteiger partial charge on any atom is -0.295 e. The Labute approximate surface area is 560 Å². The summed E-state index contributed by atoms with van der Waals surface area (Å²) in [5.74, 6) is 4.66. The summed E-state index contributed by atoms with van der Waals surface area (Å²) in [4.78, 5) is 22.3. The first-order valence-electron chi connectivity index (χ1n) is 32.7. The maximum absolute atomic E-state index is 11.2. The lowest BCUT2D eigenvalue weighted by Crippen LogP contribution is -2.09. The number of rotatable bonds is 14. The molecule has 0 aliphatic rings. The van der Waals surface area contributed by atoms with Crippen LogP contribution >= 0.6 is 0 Å². The van der Waals surface area contributed by atoms with Crippen LogP contribution in [-0.4, -0.2) is 40.9 Å². The molecule has 8 aromatic carbocycles. The molecule has 0 unspecified atom stereocenters. The molecule has 0 fully saturated rings. The molecule has 0 aromatic heterocycles. The SMILES string of the molecule is CC(=O)c1ccc(C(C)C)cc1.CC(=O)c1cccc(C(C)C)c1.CC(C)c1cccc(NS(C)(=O)=O)c1.CC(C)c1cccc(S(C)(=O)=O)c1.CCc1cccc(C(C)C)c1.Cc1cccc(C(C)C)c1.Cc1cccc(C(C)C)c1.Cc1cccc(C(C)C)c1. The number of benzene rings is 8. The molecule has 500 valence electrons. The van der Waals surface area contributed by atoms with Crippen LogP contribution in [0.1, 0.15) is 266 Å². The van der Waals surface area contributed by atoms with Crippen LogP contribution in [0.4, 0.5) is 5.69 Å². The zero-order chi connectivity index (χ0) is 70.1. The second-order valence-corrected chi connectivity index (χ2v) is 30.0. The summed E-state index contributed by atoms with van der Waals surface area (Å²) in [5, 5.41) is 0. The van der Waals surface area contributed by atoms with Gasteiger partial charge in [-0.2, -0.15) is 0 Å². The Kier molecular flexibility index (Phi) is 37.9. The Morgan fingerprint density at radius 3 is 0.957 bits per heavy atom. The van der Waals surface area contributed by atoms with Gasteiger partial charge in [-0.1, -0.05) is 298 Å². The maximum Gasteiger partial charge on any atom is 0.229 e. The van der Waals surface area contributed by atoms with Crippen molar-refractivity contribution in [3.8, 4) is 0 Å². The summed E-state index contributed by atoms with van der Waals surface area (Å²) in [6.45, 7) is 46.3. The van der Waals surface area contributed by atoms with Gasteiger partial charge in [-0.05, 0) is 169 Å². The molecule has 0 amide bonds. The summed E-state index contributed by atoms with van der Waals surface area (Å²) >= 11 is 0. The van der Waals surface area contributed by atoms with E-state index in [0.29, 0.717) is 57.9 Å². The Morgan fingerprint density at radius 1 is 0.337 bits per heavy atom. The molecule has 0 aliphatic carbocycles. The zero-order valence-corrected chi connectivity index (χ0v) is 62.2. The molecular formula is C83H115NO6S2. The predicted molar refractivity (Wildman–Crippen MR) is 399 cm³/mol.